The van der Waals surface area contributed by atoms with Crippen molar-refractivity contribution in [3.63, 3.8) is 0 Å². The van der Waals surface area contributed by atoms with Gasteiger partial charge >= 0.3 is 6.18 Å². The van der Waals surface area contributed by atoms with Gasteiger partial charge in [0.25, 0.3) is 5.91 Å². The molecule has 0 saturated carbocycles. The number of carbonyl (C=O) groups is 1. The van der Waals surface area contributed by atoms with E-state index in [2.05, 4.69) is 20.5 Å². The van der Waals surface area contributed by atoms with Crippen LogP contribution in [0.25, 0.3) is 11.0 Å². The highest BCUT2D eigenvalue weighted by molar-refractivity contribution is 7.71. The normalized spacial score (nSPS) is 12.0. The van der Waals surface area contributed by atoms with Crippen LogP contribution in [0.15, 0.2) is 47.6 Å². The second kappa shape index (κ2) is 6.52. The highest BCUT2D eigenvalue weighted by atomic mass is 32.1. The number of aromatic nitrogens is 2. The van der Waals surface area contributed by atoms with Crippen LogP contribution in [0.5, 0.6) is 0 Å². The SMILES string of the molecule is O=C(N/N=C\c1cccc(C(F)(F)F)c1)c1ccc2[nH]c(=S)[nH]c2c1. The molecule has 9 heteroatoms. The first kappa shape index (κ1) is 16.9. The first-order valence-corrected chi connectivity index (χ1v) is 7.46. The number of nitrogens with zero attached hydrogens (tertiary/aromatic N) is 1. The molecule has 0 radical (unpaired) electrons. The van der Waals surface area contributed by atoms with Crippen molar-refractivity contribution in [3.05, 3.63) is 63.9 Å². The van der Waals surface area contributed by atoms with Crippen molar-refractivity contribution in [3.8, 4) is 0 Å². The van der Waals surface area contributed by atoms with E-state index < -0.39 is 17.6 Å². The van der Waals surface area contributed by atoms with Gasteiger partial charge in [0.15, 0.2) is 4.77 Å². The number of hydrogen-bond donors (Lipinski definition) is 3. The third-order valence-corrected chi connectivity index (χ3v) is 3.58. The molecule has 0 aliphatic carbocycles. The maximum absolute atomic E-state index is 12.6. The van der Waals surface area contributed by atoms with Crippen molar-refractivity contribution in [2.24, 2.45) is 5.10 Å². The summed E-state index contributed by atoms with van der Waals surface area (Å²) in [7, 11) is 0. The zero-order valence-corrected chi connectivity index (χ0v) is 13.3. The number of hydrazone groups is 1. The third kappa shape index (κ3) is 3.94. The Labute approximate surface area is 144 Å². The third-order valence-electron chi connectivity index (χ3n) is 3.37. The van der Waals surface area contributed by atoms with E-state index >= 15 is 0 Å². The summed E-state index contributed by atoms with van der Waals surface area (Å²) in [6.45, 7) is 0. The van der Waals surface area contributed by atoms with E-state index in [1.807, 2.05) is 0 Å². The molecule has 0 fully saturated rings. The molecule has 0 unspecified atom stereocenters. The van der Waals surface area contributed by atoms with Crippen LogP contribution in [-0.2, 0) is 6.18 Å². The molecule has 1 heterocycles. The number of halogens is 3. The minimum absolute atomic E-state index is 0.222. The van der Waals surface area contributed by atoms with Crippen molar-refractivity contribution in [1.82, 2.24) is 15.4 Å². The monoisotopic (exact) mass is 364 g/mol. The molecule has 5 nitrogen and oxygen atoms in total. The average molecular weight is 364 g/mol. The number of hydrogen-bond acceptors (Lipinski definition) is 3. The highest BCUT2D eigenvalue weighted by Crippen LogP contribution is 2.29. The summed E-state index contributed by atoms with van der Waals surface area (Å²) in [5, 5.41) is 3.70. The Kier molecular flexibility index (Phi) is 4.41. The van der Waals surface area contributed by atoms with Gasteiger partial charge in [-0.25, -0.2) is 5.43 Å². The fourth-order valence-corrected chi connectivity index (χ4v) is 2.42. The Morgan fingerprint density at radius 3 is 2.64 bits per heavy atom. The summed E-state index contributed by atoms with van der Waals surface area (Å²) in [6, 6.07) is 9.50. The second-order valence-electron chi connectivity index (χ2n) is 5.16. The Morgan fingerprint density at radius 2 is 1.88 bits per heavy atom. The maximum atomic E-state index is 12.6. The Hall–Kier alpha value is -2.94. The number of fused-ring (bicyclic) bond motifs is 1. The molecule has 128 valence electrons. The highest BCUT2D eigenvalue weighted by Gasteiger charge is 2.30. The van der Waals surface area contributed by atoms with Gasteiger partial charge in [-0.3, -0.25) is 4.79 Å². The van der Waals surface area contributed by atoms with E-state index in [1.165, 1.54) is 12.1 Å². The summed E-state index contributed by atoms with van der Waals surface area (Å²) in [6.07, 6.45) is -3.28. The molecule has 1 amide bonds. The molecule has 3 rings (SSSR count). The van der Waals surface area contributed by atoms with Crippen molar-refractivity contribution in [2.75, 3.05) is 0 Å². The van der Waals surface area contributed by atoms with Crippen LogP contribution in [0.1, 0.15) is 21.5 Å². The fourth-order valence-electron chi connectivity index (χ4n) is 2.20. The molecule has 1 aromatic heterocycles. The summed E-state index contributed by atoms with van der Waals surface area (Å²) < 4.78 is 38.4. The van der Waals surface area contributed by atoms with Crippen molar-refractivity contribution in [1.29, 1.82) is 0 Å². The van der Waals surface area contributed by atoms with Gasteiger partial charge in [-0.15, -0.1) is 0 Å². The van der Waals surface area contributed by atoms with E-state index in [9.17, 15) is 18.0 Å². The van der Waals surface area contributed by atoms with Gasteiger partial charge in [-0.05, 0) is 48.1 Å². The van der Waals surface area contributed by atoms with Crippen LogP contribution < -0.4 is 5.43 Å². The number of benzene rings is 2. The number of H-pyrrole nitrogens is 2. The van der Waals surface area contributed by atoms with Crippen molar-refractivity contribution >= 4 is 35.4 Å². The first-order chi connectivity index (χ1) is 11.8. The number of nitrogens with one attached hydrogen (secondary N) is 3. The van der Waals surface area contributed by atoms with Crippen molar-refractivity contribution < 1.29 is 18.0 Å². The molecule has 2 aromatic carbocycles. The minimum atomic E-state index is -4.43. The molecule has 0 atom stereocenters. The lowest BCUT2D eigenvalue weighted by Crippen LogP contribution is -2.17. The number of carbonyl (C=O) groups excluding carboxylic acids is 1. The average Bonchev–Trinajstić information content (AvgIpc) is 2.93. The molecule has 25 heavy (non-hydrogen) atoms. The van der Waals surface area contributed by atoms with E-state index in [0.717, 1.165) is 23.9 Å². The largest absolute Gasteiger partial charge is 0.416 e. The summed E-state index contributed by atoms with van der Waals surface area (Å²) in [5.41, 5.74) is 3.47. The predicted molar refractivity (Wildman–Crippen MR) is 90.0 cm³/mol. The van der Waals surface area contributed by atoms with Crippen LogP contribution >= 0.6 is 12.2 Å². The standard InChI is InChI=1S/C16H11F3N4OS/c17-16(18,19)11-3-1-2-9(6-11)8-20-23-14(24)10-4-5-12-13(7-10)22-15(25)21-12/h1-8H,(H,23,24)(H2,21,22,25)/b20-8-. The molecule has 3 aromatic rings. The molecule has 0 saturated heterocycles. The van der Waals surface area contributed by atoms with Crippen LogP contribution in [-0.4, -0.2) is 22.1 Å². The molecule has 0 aliphatic heterocycles. The minimum Gasteiger partial charge on any atom is -0.331 e. The van der Waals surface area contributed by atoms with Crippen LogP contribution in [0.2, 0.25) is 0 Å². The fraction of sp³-hybridized carbons (Fsp3) is 0.0625. The maximum Gasteiger partial charge on any atom is 0.416 e. The van der Waals surface area contributed by atoms with E-state index in [0.29, 0.717) is 15.9 Å². The van der Waals surface area contributed by atoms with Crippen LogP contribution in [0, 0.1) is 4.77 Å². The Balaban J connectivity index is 1.72. The van der Waals surface area contributed by atoms with Crippen LogP contribution in [0.3, 0.4) is 0 Å². The number of imidazole rings is 1. The lowest BCUT2D eigenvalue weighted by molar-refractivity contribution is -0.137. The predicted octanol–water partition coefficient (Wildman–Crippen LogP) is 4.01. The van der Waals surface area contributed by atoms with Gasteiger partial charge in [0.05, 0.1) is 22.8 Å². The van der Waals surface area contributed by atoms with Gasteiger partial charge in [-0.1, -0.05) is 12.1 Å². The number of amides is 1. The summed E-state index contributed by atoms with van der Waals surface area (Å²) in [5.74, 6) is -0.495. The van der Waals surface area contributed by atoms with Crippen molar-refractivity contribution in [2.45, 2.75) is 6.18 Å². The van der Waals surface area contributed by atoms with E-state index in [4.69, 9.17) is 12.2 Å². The number of rotatable bonds is 3. The smallest absolute Gasteiger partial charge is 0.331 e. The second-order valence-corrected chi connectivity index (χ2v) is 5.57. The van der Waals surface area contributed by atoms with E-state index in [1.54, 1.807) is 18.2 Å². The number of aromatic amines is 2. The zero-order valence-electron chi connectivity index (χ0n) is 12.5. The first-order valence-electron chi connectivity index (χ1n) is 7.06. The van der Waals surface area contributed by atoms with Gasteiger partial charge < -0.3 is 9.97 Å². The Morgan fingerprint density at radius 1 is 1.12 bits per heavy atom. The zero-order chi connectivity index (χ0) is 18.0. The van der Waals surface area contributed by atoms with E-state index in [-0.39, 0.29) is 5.56 Å². The topological polar surface area (TPSA) is 73.0 Å². The number of alkyl halides is 3. The molecule has 0 bridgehead atoms. The van der Waals surface area contributed by atoms with Gasteiger partial charge in [0.2, 0.25) is 0 Å². The van der Waals surface area contributed by atoms with Gasteiger partial charge in [0, 0.05) is 5.56 Å². The van der Waals surface area contributed by atoms with Crippen LogP contribution in [0.4, 0.5) is 13.2 Å². The summed E-state index contributed by atoms with van der Waals surface area (Å²) >= 11 is 4.97. The molecule has 0 aliphatic rings. The summed E-state index contributed by atoms with van der Waals surface area (Å²) in [4.78, 5) is 17.9. The van der Waals surface area contributed by atoms with Gasteiger partial charge in [0.1, 0.15) is 0 Å². The lowest BCUT2D eigenvalue weighted by atomic mass is 10.1. The molecular formula is C16H11F3N4OS. The molecule has 0 spiro atoms. The lowest BCUT2D eigenvalue weighted by Gasteiger charge is -2.06. The quantitative estimate of drug-likeness (QED) is 0.373. The molecule has 3 N–H and O–H groups in total. The molecular weight excluding hydrogens is 353 g/mol. The van der Waals surface area contributed by atoms with Gasteiger partial charge in [-0.2, -0.15) is 18.3 Å². The Bertz CT molecular complexity index is 1020.